The minimum absolute atomic E-state index is 0.000304. The lowest BCUT2D eigenvalue weighted by Gasteiger charge is -2.30. The van der Waals surface area contributed by atoms with E-state index in [4.69, 9.17) is 9.97 Å². The van der Waals surface area contributed by atoms with Gasteiger partial charge in [0.15, 0.2) is 0 Å². The molecule has 0 aliphatic carbocycles. The summed E-state index contributed by atoms with van der Waals surface area (Å²) in [5, 5.41) is 2.10. The van der Waals surface area contributed by atoms with Crippen LogP contribution < -0.4 is 0 Å². The Morgan fingerprint density at radius 1 is 0.375 bits per heavy atom. The van der Waals surface area contributed by atoms with Crippen LogP contribution in [0, 0.1) is 18.8 Å². The molecule has 2 aliphatic rings. The zero-order valence-electron chi connectivity index (χ0n) is 61.3. The molecule has 2 unspecified atom stereocenters. The van der Waals surface area contributed by atoms with Crippen LogP contribution in [-0.2, 0) is 22.4 Å². The fourth-order valence-corrected chi connectivity index (χ4v) is 20.1. The molecular weight excluding hydrogens is 1320 g/mol. The maximum atomic E-state index is 16.4. The number of aryl methyl sites for hydroxylation is 3. The number of benzene rings is 2. The van der Waals surface area contributed by atoms with E-state index in [1.807, 2.05) is 11.3 Å². The molecule has 2 aromatic carbocycles. The lowest BCUT2D eigenvalue weighted by Crippen LogP contribution is -2.35. The highest BCUT2D eigenvalue weighted by Gasteiger charge is 2.49. The largest absolute Gasteiger partial charge is 0.307 e. The van der Waals surface area contributed by atoms with Crippen LogP contribution in [0.2, 0.25) is 0 Å². The molecule has 0 saturated carbocycles. The number of aromatic nitrogens is 2. The molecule has 0 spiro atoms. The van der Waals surface area contributed by atoms with Crippen molar-refractivity contribution >= 4 is 105 Å². The first-order valence-corrected chi connectivity index (χ1v) is 44.0. The number of hydrogen-bond donors (Lipinski definition) is 0. The van der Waals surface area contributed by atoms with Gasteiger partial charge in [-0.1, -0.05) is 298 Å². The molecule has 2 amide bonds. The smallest absolute Gasteiger partial charge is 0.261 e. The fraction of sp³-hybridized carbons (Fsp3) is 0.671. The molecule has 0 fully saturated rings. The van der Waals surface area contributed by atoms with Gasteiger partial charge in [-0.25, -0.2) is 9.97 Å². The van der Waals surface area contributed by atoms with Crippen molar-refractivity contribution in [3.05, 3.63) is 90.6 Å². The predicted octanol–water partition coefficient (Wildman–Crippen LogP) is 28.8. The number of amides is 2. The third kappa shape index (κ3) is 23.8. The summed E-state index contributed by atoms with van der Waals surface area (Å²) < 4.78 is 3.42. The van der Waals surface area contributed by atoms with Crippen LogP contribution in [0.1, 0.15) is 351 Å². The van der Waals surface area contributed by atoms with Crippen molar-refractivity contribution in [2.24, 2.45) is 11.8 Å². The lowest BCUT2D eigenvalue weighted by atomic mass is 9.93. The van der Waals surface area contributed by atoms with E-state index in [9.17, 15) is 0 Å². The number of carbonyl (C=O) groups excluding carboxylic acids is 2. The highest BCUT2D eigenvalue weighted by molar-refractivity contribution is 9.11. The number of unbranched alkanes of at least 4 members (excludes halogenated alkanes) is 34. The highest BCUT2D eigenvalue weighted by Crippen LogP contribution is 2.50. The van der Waals surface area contributed by atoms with Gasteiger partial charge < -0.3 is 9.80 Å². The Labute approximate surface area is 608 Å². The minimum Gasteiger partial charge on any atom is -0.307 e. The molecule has 530 valence electrons. The van der Waals surface area contributed by atoms with Gasteiger partial charge in [-0.3, -0.25) is 9.59 Å². The van der Waals surface area contributed by atoms with E-state index < -0.39 is 0 Å². The van der Waals surface area contributed by atoms with Crippen LogP contribution in [0.4, 0.5) is 0 Å². The molecule has 2 atom stereocenters. The average molecular weight is 1450 g/mol. The molecule has 6 heterocycles. The highest BCUT2D eigenvalue weighted by atomic mass is 79.9. The number of rotatable bonds is 54. The van der Waals surface area contributed by atoms with E-state index in [0.717, 1.165) is 91.5 Å². The Morgan fingerprint density at radius 2 is 0.688 bits per heavy atom. The van der Waals surface area contributed by atoms with Gasteiger partial charge in [0, 0.05) is 29.1 Å². The van der Waals surface area contributed by atoms with E-state index in [1.54, 1.807) is 34.0 Å². The second-order valence-electron chi connectivity index (χ2n) is 29.2. The zero-order chi connectivity index (χ0) is 67.7. The van der Waals surface area contributed by atoms with E-state index in [2.05, 4.69) is 123 Å². The summed E-state index contributed by atoms with van der Waals surface area (Å²) in [6.45, 7) is 17.3. The fourth-order valence-electron chi connectivity index (χ4n) is 15.2. The van der Waals surface area contributed by atoms with Crippen LogP contribution >= 0.6 is 61.3 Å². The van der Waals surface area contributed by atoms with Crippen LogP contribution in [0.3, 0.4) is 0 Å². The first kappa shape index (κ1) is 78.2. The van der Waals surface area contributed by atoms with Crippen LogP contribution in [-0.4, -0.2) is 44.7 Å². The monoisotopic (exact) mass is 1440 g/mol. The molecule has 0 radical (unpaired) electrons. The molecule has 6 aromatic rings. The molecule has 11 heteroatoms. The molecule has 8 rings (SSSR count). The number of carbonyl (C=O) groups is 2. The second-order valence-corrected chi connectivity index (χ2v) is 34.9. The van der Waals surface area contributed by atoms with Crippen molar-refractivity contribution in [3.63, 3.8) is 0 Å². The summed E-state index contributed by atoms with van der Waals surface area (Å²) in [5.74, 6) is 0.669. The number of thiazole rings is 2. The Balaban J connectivity index is 1.15. The van der Waals surface area contributed by atoms with Gasteiger partial charge in [0.25, 0.3) is 11.8 Å². The Morgan fingerprint density at radius 3 is 1.06 bits per heavy atom. The van der Waals surface area contributed by atoms with E-state index >= 15 is 9.59 Å². The Hall–Kier alpha value is -3.48. The standard InChI is InChI=1S/C85H127BrN4O2S4/c1-8-14-20-26-30-32-34-36-40-46-52-67-58-75(93-64(67)7)82-87-71-56-54-68(59-73(71)95-82)79-77-78(85(92)89(79)62-65(48-42-24-18-12-5)50-44-38-28-22-16-10-3)80(90(84(77)91)63-66(49-43-25-19-13-6)51-45-39-29-23-17-11-4)69-55-57-72-74(60-69)96-83(88-72)76-61-70(81(86)94-76)53-47-41-37-35-33-31-27-21-15-9-2/h54-61,65-66H,8-53,62-63H2,1-7H3. The number of hydrogen-bond acceptors (Lipinski definition) is 8. The van der Waals surface area contributed by atoms with Gasteiger partial charge in [0.1, 0.15) is 10.0 Å². The van der Waals surface area contributed by atoms with E-state index in [-0.39, 0.29) is 11.8 Å². The summed E-state index contributed by atoms with van der Waals surface area (Å²) in [6, 6.07) is 18.1. The molecule has 6 nitrogen and oxygen atoms in total. The Bertz CT molecular complexity index is 3090. The van der Waals surface area contributed by atoms with Gasteiger partial charge in [0.05, 0.1) is 56.5 Å². The van der Waals surface area contributed by atoms with Crippen molar-refractivity contribution < 1.29 is 9.59 Å². The topological polar surface area (TPSA) is 66.4 Å². The molecule has 4 aromatic heterocycles. The first-order valence-electron chi connectivity index (χ1n) is 39.9. The average Bonchev–Trinajstić information content (AvgIpc) is 1.55. The quantitative estimate of drug-likeness (QED) is 0.0357. The van der Waals surface area contributed by atoms with Crippen molar-refractivity contribution in [1.29, 1.82) is 0 Å². The minimum atomic E-state index is 0.000304. The maximum Gasteiger partial charge on any atom is 0.261 e. The van der Waals surface area contributed by atoms with E-state index in [0.29, 0.717) is 36.1 Å². The van der Waals surface area contributed by atoms with Gasteiger partial charge in [0.2, 0.25) is 0 Å². The molecular formula is C85H127BrN4O2S4. The molecule has 0 N–H and O–H groups in total. The third-order valence-electron chi connectivity index (χ3n) is 21.0. The lowest BCUT2D eigenvalue weighted by molar-refractivity contribution is -0.124. The summed E-state index contributed by atoms with van der Waals surface area (Å²) in [4.78, 5) is 51.6. The normalized spacial score (nSPS) is 14.2. The molecule has 0 bridgehead atoms. The van der Waals surface area contributed by atoms with Crippen LogP contribution in [0.5, 0.6) is 0 Å². The van der Waals surface area contributed by atoms with Gasteiger partial charge in [-0.15, -0.1) is 45.3 Å². The molecule has 96 heavy (non-hydrogen) atoms. The third-order valence-corrected chi connectivity index (χ3v) is 26.5. The van der Waals surface area contributed by atoms with Gasteiger partial charge >= 0.3 is 0 Å². The van der Waals surface area contributed by atoms with Gasteiger partial charge in [-0.2, -0.15) is 0 Å². The summed E-state index contributed by atoms with van der Waals surface area (Å²) >= 11 is 11.2. The first-order chi connectivity index (χ1) is 47.1. The second kappa shape index (κ2) is 44.0. The summed E-state index contributed by atoms with van der Waals surface area (Å²) in [5.41, 5.74) is 9.57. The Kier molecular flexibility index (Phi) is 35.9. The van der Waals surface area contributed by atoms with Crippen molar-refractivity contribution in [2.75, 3.05) is 13.1 Å². The van der Waals surface area contributed by atoms with Crippen molar-refractivity contribution in [1.82, 2.24) is 19.8 Å². The number of fused-ring (bicyclic) bond motifs is 3. The van der Waals surface area contributed by atoms with Crippen LogP contribution in [0.15, 0.2) is 63.5 Å². The number of halogens is 1. The van der Waals surface area contributed by atoms with Crippen LogP contribution in [0.25, 0.3) is 51.6 Å². The predicted molar refractivity (Wildman–Crippen MR) is 427 cm³/mol. The summed E-state index contributed by atoms with van der Waals surface area (Å²) in [7, 11) is 0. The van der Waals surface area contributed by atoms with Gasteiger partial charge in [-0.05, 0) is 134 Å². The molecule has 0 saturated heterocycles. The molecule has 2 aliphatic heterocycles. The van der Waals surface area contributed by atoms with E-state index in [1.165, 1.54) is 286 Å². The summed E-state index contributed by atoms with van der Waals surface area (Å²) in [6.07, 6.45) is 58.1. The SMILES string of the molecule is CCCCCCCCCCCCc1cc(-c2nc3ccc(C4=C5C(=O)N(CC(CCCCCC)CCCCCCCC)C(c6ccc7nc(-c8cc(CCCCCCCCCCCC)c(Br)s8)sc7c6)=C5C(=O)N4CC(CCCCCC)CCCCCCCC)cc3s2)sc1C. The maximum absolute atomic E-state index is 16.4. The number of nitrogens with zero attached hydrogens (tertiary/aromatic N) is 4. The number of thiophene rings is 2. The zero-order valence-corrected chi connectivity index (χ0v) is 66.2. The van der Waals surface area contributed by atoms with Crippen molar-refractivity contribution in [3.8, 4) is 19.8 Å². The van der Waals surface area contributed by atoms with Crippen molar-refractivity contribution in [2.45, 2.75) is 344 Å².